The molecule has 1 aromatic rings. The number of esters is 2. The number of hydrogen-bond acceptors (Lipinski definition) is 4. The Labute approximate surface area is 139 Å². The zero-order valence-electron chi connectivity index (χ0n) is 14.3. The molecule has 1 rings (SSSR count). The molecule has 0 fully saturated rings. The first-order valence-corrected chi connectivity index (χ1v) is 8.67. The summed E-state index contributed by atoms with van der Waals surface area (Å²) in [5, 5.41) is 0. The van der Waals surface area contributed by atoms with Crippen molar-refractivity contribution in [3.05, 3.63) is 24.3 Å². The predicted octanol–water partition coefficient (Wildman–Crippen LogP) is 5.05. The van der Waals surface area contributed by atoms with E-state index in [0.29, 0.717) is 24.3 Å². The van der Waals surface area contributed by atoms with E-state index in [4.69, 9.17) is 9.47 Å². The minimum atomic E-state index is -0.223. The molecule has 0 atom stereocenters. The molecule has 1 aromatic carbocycles. The van der Waals surface area contributed by atoms with Crippen LogP contribution in [0, 0.1) is 0 Å². The fourth-order valence-electron chi connectivity index (χ4n) is 2.16. The molecule has 0 spiro atoms. The van der Waals surface area contributed by atoms with Crippen molar-refractivity contribution in [2.45, 2.75) is 71.6 Å². The number of carbonyl (C=O) groups excluding carboxylic acids is 2. The summed E-state index contributed by atoms with van der Waals surface area (Å²) < 4.78 is 10.5. The van der Waals surface area contributed by atoms with Crippen LogP contribution in [-0.2, 0) is 9.59 Å². The van der Waals surface area contributed by atoms with Gasteiger partial charge in [-0.2, -0.15) is 0 Å². The molecule has 4 heteroatoms. The maximum Gasteiger partial charge on any atom is 0.311 e. The number of benzene rings is 1. The van der Waals surface area contributed by atoms with Gasteiger partial charge in [-0.25, -0.2) is 0 Å². The summed E-state index contributed by atoms with van der Waals surface area (Å²) in [5.74, 6) is 0.523. The first kappa shape index (κ1) is 19.2. The fraction of sp³-hybridized carbons (Fsp3) is 0.579. The predicted molar refractivity (Wildman–Crippen MR) is 90.6 cm³/mol. The quantitative estimate of drug-likeness (QED) is 0.325. The summed E-state index contributed by atoms with van der Waals surface area (Å²) in [6, 6.07) is 6.60. The molecular weight excluding hydrogens is 292 g/mol. The normalized spacial score (nSPS) is 10.3. The molecule has 0 amide bonds. The van der Waals surface area contributed by atoms with Crippen molar-refractivity contribution in [3.63, 3.8) is 0 Å². The highest BCUT2D eigenvalue weighted by Crippen LogP contribution is 2.19. The third kappa shape index (κ3) is 9.01. The number of rotatable bonds is 11. The molecule has 4 nitrogen and oxygen atoms in total. The van der Waals surface area contributed by atoms with Crippen LogP contribution in [0.25, 0.3) is 0 Å². The van der Waals surface area contributed by atoms with E-state index in [9.17, 15) is 9.59 Å². The monoisotopic (exact) mass is 320 g/mol. The molecule has 0 radical (unpaired) electrons. The SMILES string of the molecule is CCCCCCC(=O)Oc1ccc(OC(=O)CCCCC)cc1. The molecule has 0 aliphatic rings. The summed E-state index contributed by atoms with van der Waals surface area (Å²) >= 11 is 0. The Morgan fingerprint density at radius 3 is 1.52 bits per heavy atom. The first-order chi connectivity index (χ1) is 11.2. The smallest absolute Gasteiger partial charge is 0.311 e. The largest absolute Gasteiger partial charge is 0.427 e. The highest BCUT2D eigenvalue weighted by Gasteiger charge is 2.07. The molecule has 0 saturated carbocycles. The summed E-state index contributed by atoms with van der Waals surface area (Å²) in [6.45, 7) is 4.23. The van der Waals surface area contributed by atoms with Gasteiger partial charge >= 0.3 is 11.9 Å². The molecule has 23 heavy (non-hydrogen) atoms. The van der Waals surface area contributed by atoms with E-state index in [2.05, 4.69) is 13.8 Å². The van der Waals surface area contributed by atoms with Crippen molar-refractivity contribution in [3.8, 4) is 11.5 Å². The van der Waals surface area contributed by atoms with E-state index in [0.717, 1.165) is 44.9 Å². The van der Waals surface area contributed by atoms with Crippen LogP contribution in [0.2, 0.25) is 0 Å². The third-order valence-electron chi connectivity index (χ3n) is 3.51. The van der Waals surface area contributed by atoms with E-state index in [1.807, 2.05) is 0 Å². The zero-order chi connectivity index (χ0) is 16.9. The van der Waals surface area contributed by atoms with Crippen molar-refractivity contribution in [2.75, 3.05) is 0 Å². The van der Waals surface area contributed by atoms with E-state index in [1.54, 1.807) is 24.3 Å². The zero-order valence-corrected chi connectivity index (χ0v) is 14.3. The molecule has 0 saturated heterocycles. The van der Waals surface area contributed by atoms with Gasteiger partial charge in [0, 0.05) is 12.8 Å². The van der Waals surface area contributed by atoms with E-state index in [1.165, 1.54) is 0 Å². The van der Waals surface area contributed by atoms with Gasteiger partial charge in [-0.1, -0.05) is 46.0 Å². The lowest BCUT2D eigenvalue weighted by Crippen LogP contribution is -2.08. The van der Waals surface area contributed by atoms with Gasteiger partial charge in [-0.05, 0) is 37.1 Å². The number of carbonyl (C=O) groups is 2. The minimum absolute atomic E-state index is 0.217. The Bertz CT molecular complexity index is 465. The van der Waals surface area contributed by atoms with Crippen molar-refractivity contribution in [1.82, 2.24) is 0 Å². The highest BCUT2D eigenvalue weighted by molar-refractivity contribution is 5.73. The second kappa shape index (κ2) is 11.7. The molecule has 0 unspecified atom stereocenters. The summed E-state index contributed by atoms with van der Waals surface area (Å²) in [5.41, 5.74) is 0. The average molecular weight is 320 g/mol. The molecule has 0 N–H and O–H groups in total. The second-order valence-corrected chi connectivity index (χ2v) is 5.69. The summed E-state index contributed by atoms with van der Waals surface area (Å²) in [4.78, 5) is 23.3. The molecule has 0 aromatic heterocycles. The van der Waals surface area contributed by atoms with Crippen LogP contribution < -0.4 is 9.47 Å². The standard InChI is InChI=1S/C19H28O4/c1-3-5-7-9-11-19(21)23-17-14-12-16(13-15-17)22-18(20)10-8-6-4-2/h12-15H,3-11H2,1-2H3. The molecule has 0 aliphatic heterocycles. The molecule has 0 heterocycles. The van der Waals surface area contributed by atoms with Crippen LogP contribution >= 0.6 is 0 Å². The maximum absolute atomic E-state index is 11.7. The van der Waals surface area contributed by atoms with Gasteiger partial charge < -0.3 is 9.47 Å². The van der Waals surface area contributed by atoms with Crippen molar-refractivity contribution < 1.29 is 19.1 Å². The van der Waals surface area contributed by atoms with Gasteiger partial charge in [-0.15, -0.1) is 0 Å². The molecule has 0 aliphatic carbocycles. The van der Waals surface area contributed by atoms with Crippen LogP contribution in [0.5, 0.6) is 11.5 Å². The summed E-state index contributed by atoms with van der Waals surface area (Å²) in [7, 11) is 0. The molecule has 0 bridgehead atoms. The lowest BCUT2D eigenvalue weighted by atomic mass is 10.1. The Hall–Kier alpha value is -1.84. The fourth-order valence-corrected chi connectivity index (χ4v) is 2.16. The Morgan fingerprint density at radius 2 is 1.09 bits per heavy atom. The molecular formula is C19H28O4. The second-order valence-electron chi connectivity index (χ2n) is 5.69. The van der Waals surface area contributed by atoms with Crippen molar-refractivity contribution in [2.24, 2.45) is 0 Å². The number of unbranched alkanes of at least 4 members (excludes halogenated alkanes) is 5. The Kier molecular flexibility index (Phi) is 9.76. The first-order valence-electron chi connectivity index (χ1n) is 8.67. The van der Waals surface area contributed by atoms with E-state index < -0.39 is 0 Å². The van der Waals surface area contributed by atoms with E-state index in [-0.39, 0.29) is 11.9 Å². The van der Waals surface area contributed by atoms with Crippen LogP contribution in [0.15, 0.2) is 24.3 Å². The van der Waals surface area contributed by atoms with Crippen LogP contribution in [-0.4, -0.2) is 11.9 Å². The van der Waals surface area contributed by atoms with Crippen LogP contribution in [0.3, 0.4) is 0 Å². The molecule has 128 valence electrons. The average Bonchev–Trinajstić information content (AvgIpc) is 2.54. The van der Waals surface area contributed by atoms with E-state index >= 15 is 0 Å². The lowest BCUT2D eigenvalue weighted by Gasteiger charge is -2.07. The van der Waals surface area contributed by atoms with Crippen LogP contribution in [0.4, 0.5) is 0 Å². The van der Waals surface area contributed by atoms with Gasteiger partial charge in [0.1, 0.15) is 11.5 Å². The van der Waals surface area contributed by atoms with Crippen molar-refractivity contribution in [1.29, 1.82) is 0 Å². The van der Waals surface area contributed by atoms with Crippen LogP contribution in [0.1, 0.15) is 71.6 Å². The van der Waals surface area contributed by atoms with Gasteiger partial charge in [0.15, 0.2) is 0 Å². The lowest BCUT2D eigenvalue weighted by molar-refractivity contribution is -0.135. The Morgan fingerprint density at radius 1 is 0.696 bits per heavy atom. The minimum Gasteiger partial charge on any atom is -0.427 e. The number of hydrogen-bond donors (Lipinski definition) is 0. The third-order valence-corrected chi connectivity index (χ3v) is 3.51. The van der Waals surface area contributed by atoms with Gasteiger partial charge in [0.25, 0.3) is 0 Å². The topological polar surface area (TPSA) is 52.6 Å². The van der Waals surface area contributed by atoms with Gasteiger partial charge in [0.2, 0.25) is 0 Å². The van der Waals surface area contributed by atoms with Gasteiger partial charge in [-0.3, -0.25) is 9.59 Å². The Balaban J connectivity index is 2.32. The highest BCUT2D eigenvalue weighted by atomic mass is 16.5. The summed E-state index contributed by atoms with van der Waals surface area (Å²) in [6.07, 6.45) is 8.03. The maximum atomic E-state index is 11.7. The number of ether oxygens (including phenoxy) is 2. The van der Waals surface area contributed by atoms with Gasteiger partial charge in [0.05, 0.1) is 0 Å². The van der Waals surface area contributed by atoms with Crippen molar-refractivity contribution >= 4 is 11.9 Å².